The van der Waals surface area contributed by atoms with Crippen LogP contribution in [0.4, 0.5) is 5.00 Å². The average Bonchev–Trinajstić information content (AvgIpc) is 3.05. The van der Waals surface area contributed by atoms with Gasteiger partial charge in [0, 0.05) is 15.5 Å². The third kappa shape index (κ3) is 2.34. The summed E-state index contributed by atoms with van der Waals surface area (Å²) in [5.41, 5.74) is 7.43. The second-order valence-corrected chi connectivity index (χ2v) is 6.12. The Bertz CT molecular complexity index is 752. The van der Waals surface area contributed by atoms with Gasteiger partial charge in [-0.25, -0.2) is 0 Å². The standard InChI is InChI=1S/C13H11BrN4OS/c1-2-7-6-8(11(15)20-7)13-17-12(18-19-13)10-9(14)4-3-5-16-10/h3-6H,2,15H2,1H3. The van der Waals surface area contributed by atoms with Gasteiger partial charge in [-0.3, -0.25) is 4.98 Å². The largest absolute Gasteiger partial charge is 0.390 e. The van der Waals surface area contributed by atoms with E-state index in [1.54, 1.807) is 17.5 Å². The number of nitrogens with two attached hydrogens (primary N) is 1. The van der Waals surface area contributed by atoms with Gasteiger partial charge in [-0.1, -0.05) is 12.1 Å². The number of anilines is 1. The minimum absolute atomic E-state index is 0.422. The van der Waals surface area contributed by atoms with E-state index in [4.69, 9.17) is 10.3 Å². The molecule has 7 heteroatoms. The molecule has 0 aliphatic carbocycles. The lowest BCUT2D eigenvalue weighted by Crippen LogP contribution is -1.87. The molecule has 0 bridgehead atoms. The predicted molar refractivity (Wildman–Crippen MR) is 82.3 cm³/mol. The monoisotopic (exact) mass is 350 g/mol. The van der Waals surface area contributed by atoms with Crippen LogP contribution >= 0.6 is 27.3 Å². The van der Waals surface area contributed by atoms with Gasteiger partial charge in [0.15, 0.2) is 0 Å². The van der Waals surface area contributed by atoms with Crippen LogP contribution in [0.5, 0.6) is 0 Å². The van der Waals surface area contributed by atoms with E-state index < -0.39 is 0 Å². The van der Waals surface area contributed by atoms with Gasteiger partial charge in [-0.15, -0.1) is 11.3 Å². The summed E-state index contributed by atoms with van der Waals surface area (Å²) in [6.45, 7) is 2.08. The van der Waals surface area contributed by atoms with E-state index in [0.717, 1.165) is 16.5 Å². The zero-order valence-corrected chi connectivity index (χ0v) is 13.0. The quantitative estimate of drug-likeness (QED) is 0.777. The molecule has 0 aliphatic heterocycles. The third-order valence-electron chi connectivity index (χ3n) is 2.79. The molecule has 0 aliphatic rings. The fourth-order valence-electron chi connectivity index (χ4n) is 1.78. The smallest absolute Gasteiger partial charge is 0.261 e. The van der Waals surface area contributed by atoms with Crippen molar-refractivity contribution in [2.24, 2.45) is 0 Å². The molecule has 3 aromatic heterocycles. The summed E-state index contributed by atoms with van der Waals surface area (Å²) >= 11 is 4.96. The van der Waals surface area contributed by atoms with Crippen molar-refractivity contribution in [3.05, 3.63) is 33.7 Å². The van der Waals surface area contributed by atoms with Crippen molar-refractivity contribution in [2.75, 3.05) is 5.73 Å². The molecule has 0 unspecified atom stereocenters. The second kappa shape index (κ2) is 5.34. The van der Waals surface area contributed by atoms with Crippen LogP contribution in [0, 0.1) is 0 Å². The Hall–Kier alpha value is -1.73. The Morgan fingerprint density at radius 2 is 2.30 bits per heavy atom. The first-order chi connectivity index (χ1) is 9.69. The van der Waals surface area contributed by atoms with Crippen molar-refractivity contribution in [1.29, 1.82) is 0 Å². The molecule has 3 aromatic rings. The average molecular weight is 351 g/mol. The molecule has 0 spiro atoms. The third-order valence-corrected chi connectivity index (χ3v) is 4.54. The SMILES string of the molecule is CCc1cc(-c2nc(-c3ncccc3Br)no2)c(N)s1. The van der Waals surface area contributed by atoms with Gasteiger partial charge < -0.3 is 10.3 Å². The summed E-state index contributed by atoms with van der Waals surface area (Å²) in [7, 11) is 0. The topological polar surface area (TPSA) is 77.8 Å². The lowest BCUT2D eigenvalue weighted by atomic mass is 10.2. The van der Waals surface area contributed by atoms with Gasteiger partial charge in [0.25, 0.3) is 5.89 Å². The zero-order valence-electron chi connectivity index (χ0n) is 10.6. The van der Waals surface area contributed by atoms with Gasteiger partial charge in [0.05, 0.1) is 10.6 Å². The van der Waals surface area contributed by atoms with E-state index in [1.165, 1.54) is 4.88 Å². The molecule has 0 radical (unpaired) electrons. The number of hydrogen-bond acceptors (Lipinski definition) is 6. The van der Waals surface area contributed by atoms with Crippen molar-refractivity contribution in [3.63, 3.8) is 0 Å². The molecule has 3 rings (SSSR count). The molecule has 0 fully saturated rings. The molecular formula is C13H11BrN4OS. The summed E-state index contributed by atoms with van der Waals surface area (Å²) in [6, 6.07) is 5.70. The first kappa shape index (κ1) is 13.3. The molecular weight excluding hydrogens is 340 g/mol. The molecule has 5 nitrogen and oxygen atoms in total. The van der Waals surface area contributed by atoms with E-state index in [0.29, 0.717) is 22.4 Å². The highest BCUT2D eigenvalue weighted by Gasteiger charge is 2.17. The number of hydrogen-bond donors (Lipinski definition) is 1. The van der Waals surface area contributed by atoms with Crippen LogP contribution in [0.2, 0.25) is 0 Å². The molecule has 20 heavy (non-hydrogen) atoms. The van der Waals surface area contributed by atoms with Crippen LogP contribution in [-0.4, -0.2) is 15.1 Å². The summed E-state index contributed by atoms with van der Waals surface area (Å²) in [6.07, 6.45) is 2.62. The molecule has 0 atom stereocenters. The highest BCUT2D eigenvalue weighted by molar-refractivity contribution is 9.10. The number of aromatic nitrogens is 3. The lowest BCUT2D eigenvalue weighted by Gasteiger charge is -1.95. The van der Waals surface area contributed by atoms with E-state index in [2.05, 4.69) is 38.0 Å². The van der Waals surface area contributed by atoms with Gasteiger partial charge in [-0.2, -0.15) is 4.98 Å². The minimum Gasteiger partial charge on any atom is -0.390 e. The van der Waals surface area contributed by atoms with E-state index in [-0.39, 0.29) is 0 Å². The predicted octanol–water partition coefficient (Wildman–Crippen LogP) is 3.77. The van der Waals surface area contributed by atoms with Crippen molar-refractivity contribution < 1.29 is 4.52 Å². The van der Waals surface area contributed by atoms with Gasteiger partial charge >= 0.3 is 0 Å². The van der Waals surface area contributed by atoms with E-state index >= 15 is 0 Å². The summed E-state index contributed by atoms with van der Waals surface area (Å²) < 4.78 is 6.12. The number of thiophene rings is 1. The van der Waals surface area contributed by atoms with Crippen LogP contribution in [0.15, 0.2) is 33.4 Å². The van der Waals surface area contributed by atoms with Crippen molar-refractivity contribution in [2.45, 2.75) is 13.3 Å². The number of aryl methyl sites for hydroxylation is 1. The van der Waals surface area contributed by atoms with Crippen LogP contribution in [0.25, 0.3) is 23.0 Å². The highest BCUT2D eigenvalue weighted by atomic mass is 79.9. The molecule has 0 saturated heterocycles. The Morgan fingerprint density at radius 1 is 1.45 bits per heavy atom. The summed E-state index contributed by atoms with van der Waals surface area (Å²) in [5, 5.41) is 4.66. The maximum Gasteiger partial charge on any atom is 0.261 e. The first-order valence-electron chi connectivity index (χ1n) is 6.02. The molecule has 0 saturated carbocycles. The van der Waals surface area contributed by atoms with Gasteiger partial charge in [-0.05, 0) is 40.5 Å². The van der Waals surface area contributed by atoms with Crippen LogP contribution in [0.3, 0.4) is 0 Å². The van der Waals surface area contributed by atoms with E-state index in [9.17, 15) is 0 Å². The van der Waals surface area contributed by atoms with Crippen LogP contribution < -0.4 is 5.73 Å². The fourth-order valence-corrected chi connectivity index (χ4v) is 3.07. The Labute approximate surface area is 128 Å². The number of pyridine rings is 1. The number of rotatable bonds is 3. The number of halogens is 1. The molecule has 0 amide bonds. The molecule has 2 N–H and O–H groups in total. The zero-order chi connectivity index (χ0) is 14.1. The number of nitrogens with zero attached hydrogens (tertiary/aromatic N) is 3. The van der Waals surface area contributed by atoms with Gasteiger partial charge in [0.1, 0.15) is 5.69 Å². The molecule has 0 aromatic carbocycles. The van der Waals surface area contributed by atoms with Crippen molar-refractivity contribution in [3.8, 4) is 23.0 Å². The Morgan fingerprint density at radius 3 is 3.00 bits per heavy atom. The van der Waals surface area contributed by atoms with E-state index in [1.807, 2.05) is 18.2 Å². The maximum absolute atomic E-state index is 5.99. The van der Waals surface area contributed by atoms with Crippen molar-refractivity contribution >= 4 is 32.3 Å². The van der Waals surface area contributed by atoms with Crippen LogP contribution in [0.1, 0.15) is 11.8 Å². The fraction of sp³-hybridized carbons (Fsp3) is 0.154. The molecule has 3 heterocycles. The Kier molecular flexibility index (Phi) is 3.54. The van der Waals surface area contributed by atoms with Crippen molar-refractivity contribution in [1.82, 2.24) is 15.1 Å². The Balaban J connectivity index is 2.02. The second-order valence-electron chi connectivity index (χ2n) is 4.10. The normalized spacial score (nSPS) is 10.9. The van der Waals surface area contributed by atoms with Crippen LogP contribution in [-0.2, 0) is 6.42 Å². The lowest BCUT2D eigenvalue weighted by molar-refractivity contribution is 0.432. The maximum atomic E-state index is 5.99. The minimum atomic E-state index is 0.422. The highest BCUT2D eigenvalue weighted by Crippen LogP contribution is 2.34. The summed E-state index contributed by atoms with van der Waals surface area (Å²) in [5.74, 6) is 0.863. The number of nitrogen functional groups attached to an aromatic ring is 1. The van der Waals surface area contributed by atoms with Gasteiger partial charge in [0.2, 0.25) is 5.82 Å². The molecule has 102 valence electrons. The summed E-state index contributed by atoms with van der Waals surface area (Å²) in [4.78, 5) is 9.81. The first-order valence-corrected chi connectivity index (χ1v) is 7.63.